The van der Waals surface area contributed by atoms with Gasteiger partial charge < -0.3 is 9.72 Å². The maximum Gasteiger partial charge on any atom is 0.357 e. The van der Waals surface area contributed by atoms with Crippen molar-refractivity contribution in [2.75, 3.05) is 12.4 Å². The molecule has 0 aliphatic carbocycles. The van der Waals surface area contributed by atoms with Crippen LogP contribution < -0.4 is 10.7 Å². The summed E-state index contributed by atoms with van der Waals surface area (Å²) in [4.78, 5) is 43.9. The zero-order valence-electron chi connectivity index (χ0n) is 12.9. The van der Waals surface area contributed by atoms with E-state index in [-0.39, 0.29) is 21.8 Å². The molecule has 0 atom stereocenters. The Morgan fingerprint density at radius 1 is 1.29 bits per heavy atom. The lowest BCUT2D eigenvalue weighted by atomic mass is 10.1. The molecule has 0 aliphatic heterocycles. The van der Waals surface area contributed by atoms with Crippen LogP contribution in [0, 0.1) is 6.92 Å². The van der Waals surface area contributed by atoms with E-state index in [0.29, 0.717) is 15.8 Å². The molecule has 0 saturated heterocycles. The van der Waals surface area contributed by atoms with E-state index in [0.717, 1.165) is 11.3 Å². The number of anilines is 1. The van der Waals surface area contributed by atoms with Gasteiger partial charge in [0.15, 0.2) is 10.8 Å². The molecule has 7 nitrogen and oxygen atoms in total. The molecule has 3 aromatic rings. The van der Waals surface area contributed by atoms with Crippen LogP contribution in [0.5, 0.6) is 0 Å². The number of amides is 1. The third-order valence-corrected chi connectivity index (χ3v) is 4.31. The van der Waals surface area contributed by atoms with Gasteiger partial charge >= 0.3 is 5.97 Å². The monoisotopic (exact) mass is 343 g/mol. The van der Waals surface area contributed by atoms with Gasteiger partial charge in [0.25, 0.3) is 5.91 Å². The van der Waals surface area contributed by atoms with E-state index < -0.39 is 11.9 Å². The fourth-order valence-corrected chi connectivity index (χ4v) is 3.03. The number of hydrogen-bond donors (Lipinski definition) is 2. The molecule has 24 heavy (non-hydrogen) atoms. The molecular formula is C16H13N3O4S. The minimum absolute atomic E-state index is 0.0267. The van der Waals surface area contributed by atoms with Gasteiger partial charge in [-0.2, -0.15) is 0 Å². The van der Waals surface area contributed by atoms with Gasteiger partial charge in [0.05, 0.1) is 7.11 Å². The highest BCUT2D eigenvalue weighted by atomic mass is 32.1. The summed E-state index contributed by atoms with van der Waals surface area (Å²) in [5.74, 6) is -1.17. The van der Waals surface area contributed by atoms with E-state index in [2.05, 4.69) is 20.0 Å². The average Bonchev–Trinajstić information content (AvgIpc) is 2.95. The molecule has 8 heteroatoms. The van der Waals surface area contributed by atoms with E-state index in [1.807, 2.05) is 0 Å². The highest BCUT2D eigenvalue weighted by Crippen LogP contribution is 2.23. The van der Waals surface area contributed by atoms with E-state index in [1.165, 1.54) is 13.3 Å². The Kier molecular flexibility index (Phi) is 4.13. The van der Waals surface area contributed by atoms with Crippen LogP contribution in [-0.2, 0) is 4.74 Å². The van der Waals surface area contributed by atoms with Crippen molar-refractivity contribution in [3.05, 3.63) is 56.8 Å². The number of pyridine rings is 1. The van der Waals surface area contributed by atoms with Crippen LogP contribution in [0.3, 0.4) is 0 Å². The van der Waals surface area contributed by atoms with Gasteiger partial charge in [0.2, 0.25) is 5.43 Å². The van der Waals surface area contributed by atoms with Crippen molar-refractivity contribution in [1.29, 1.82) is 0 Å². The van der Waals surface area contributed by atoms with Gasteiger partial charge in [-0.25, -0.2) is 9.78 Å². The molecule has 0 unspecified atom stereocenters. The summed E-state index contributed by atoms with van der Waals surface area (Å²) in [5, 5.41) is 3.20. The number of aromatic amines is 1. The molecule has 0 aliphatic rings. The zero-order valence-corrected chi connectivity index (χ0v) is 13.7. The second-order valence-corrected chi connectivity index (χ2v) is 6.15. The molecule has 0 bridgehead atoms. The Hall–Kier alpha value is -3.00. The van der Waals surface area contributed by atoms with Gasteiger partial charge in [-0.15, -0.1) is 11.3 Å². The number of H-pyrrole nitrogens is 1. The number of ether oxygens (including phenoxy) is 1. The van der Waals surface area contributed by atoms with Gasteiger partial charge in [-0.1, -0.05) is 12.1 Å². The fraction of sp³-hybridized carbons (Fsp3) is 0.125. The molecule has 122 valence electrons. The number of carbonyl (C=O) groups is 2. The molecule has 0 spiro atoms. The lowest BCUT2D eigenvalue weighted by Gasteiger charge is -2.03. The van der Waals surface area contributed by atoms with Crippen LogP contribution in [0.2, 0.25) is 0 Å². The number of hydrogen-bond acceptors (Lipinski definition) is 6. The molecule has 2 heterocycles. The number of nitrogens with zero attached hydrogens (tertiary/aromatic N) is 1. The first kappa shape index (κ1) is 15.9. The Morgan fingerprint density at radius 3 is 2.79 bits per heavy atom. The maximum absolute atomic E-state index is 12.4. The standard InChI is InChI=1S/C16H13N3O4S/c1-8-12(15(22)23-2)18-16(24-8)19-14(21)10-7-17-11-6-4-3-5-9(11)13(10)20/h3-7H,1-2H3,(H,17,20)(H,18,19,21). The summed E-state index contributed by atoms with van der Waals surface area (Å²) in [7, 11) is 1.26. The van der Waals surface area contributed by atoms with Crippen LogP contribution in [0.1, 0.15) is 25.7 Å². The second kappa shape index (κ2) is 6.25. The highest BCUT2D eigenvalue weighted by molar-refractivity contribution is 7.16. The third kappa shape index (κ3) is 2.79. The number of aryl methyl sites for hydroxylation is 1. The zero-order chi connectivity index (χ0) is 17.3. The number of fused-ring (bicyclic) bond motifs is 1. The summed E-state index contributed by atoms with van der Waals surface area (Å²) in [6.45, 7) is 1.70. The number of esters is 1. The van der Waals surface area contributed by atoms with E-state index in [4.69, 9.17) is 0 Å². The van der Waals surface area contributed by atoms with Crippen molar-refractivity contribution in [1.82, 2.24) is 9.97 Å². The smallest absolute Gasteiger partial charge is 0.357 e. The molecule has 0 fully saturated rings. The van der Waals surface area contributed by atoms with Crippen molar-refractivity contribution < 1.29 is 14.3 Å². The number of thiazole rings is 1. The number of rotatable bonds is 3. The number of nitrogens with one attached hydrogen (secondary N) is 2. The van der Waals surface area contributed by atoms with E-state index >= 15 is 0 Å². The lowest BCUT2D eigenvalue weighted by molar-refractivity contribution is 0.0594. The van der Waals surface area contributed by atoms with Crippen molar-refractivity contribution in [2.45, 2.75) is 6.92 Å². The summed E-state index contributed by atoms with van der Waals surface area (Å²) in [5.41, 5.74) is 0.395. The first-order valence-electron chi connectivity index (χ1n) is 6.98. The summed E-state index contributed by atoms with van der Waals surface area (Å²) in [6, 6.07) is 6.93. The predicted octanol–water partition coefficient (Wildman–Crippen LogP) is 2.33. The Labute approximate surface area is 140 Å². The lowest BCUT2D eigenvalue weighted by Crippen LogP contribution is -2.21. The number of methoxy groups -OCH3 is 1. The summed E-state index contributed by atoms with van der Waals surface area (Å²) >= 11 is 1.13. The average molecular weight is 343 g/mol. The second-order valence-electron chi connectivity index (χ2n) is 4.95. The molecular weight excluding hydrogens is 330 g/mol. The number of para-hydroxylation sites is 1. The first-order valence-corrected chi connectivity index (χ1v) is 7.80. The van der Waals surface area contributed by atoms with Crippen LogP contribution >= 0.6 is 11.3 Å². The molecule has 0 saturated carbocycles. The van der Waals surface area contributed by atoms with E-state index in [1.54, 1.807) is 31.2 Å². The number of aromatic nitrogens is 2. The van der Waals surface area contributed by atoms with Gasteiger partial charge in [-0.3, -0.25) is 14.9 Å². The predicted molar refractivity (Wildman–Crippen MR) is 90.7 cm³/mol. The minimum atomic E-state index is -0.591. The largest absolute Gasteiger partial charge is 0.464 e. The van der Waals surface area contributed by atoms with Crippen molar-refractivity contribution in [3.63, 3.8) is 0 Å². The van der Waals surface area contributed by atoms with Gasteiger partial charge in [-0.05, 0) is 19.1 Å². The van der Waals surface area contributed by atoms with Gasteiger partial charge in [0.1, 0.15) is 5.56 Å². The SMILES string of the molecule is COC(=O)c1nc(NC(=O)c2c[nH]c3ccccc3c2=O)sc1C. The molecule has 2 N–H and O–H groups in total. The van der Waals surface area contributed by atoms with Crippen molar-refractivity contribution in [3.8, 4) is 0 Å². The Balaban J connectivity index is 1.92. The van der Waals surface area contributed by atoms with Crippen molar-refractivity contribution >= 4 is 39.2 Å². The van der Waals surface area contributed by atoms with E-state index in [9.17, 15) is 14.4 Å². The summed E-state index contributed by atoms with van der Waals surface area (Å²) < 4.78 is 4.62. The Morgan fingerprint density at radius 2 is 2.04 bits per heavy atom. The number of benzene rings is 1. The fourth-order valence-electron chi connectivity index (χ4n) is 2.24. The van der Waals surface area contributed by atoms with Crippen LogP contribution in [-0.4, -0.2) is 29.0 Å². The molecule has 3 rings (SSSR count). The van der Waals surface area contributed by atoms with Crippen LogP contribution in [0.25, 0.3) is 10.9 Å². The maximum atomic E-state index is 12.4. The molecule has 2 aromatic heterocycles. The molecule has 0 radical (unpaired) electrons. The highest BCUT2D eigenvalue weighted by Gasteiger charge is 2.19. The topological polar surface area (TPSA) is 101 Å². The van der Waals surface area contributed by atoms with Crippen LogP contribution in [0.15, 0.2) is 35.3 Å². The Bertz CT molecular complexity index is 1010. The third-order valence-electron chi connectivity index (χ3n) is 3.43. The minimum Gasteiger partial charge on any atom is -0.464 e. The normalized spacial score (nSPS) is 10.6. The number of carbonyl (C=O) groups excluding carboxylic acids is 2. The van der Waals surface area contributed by atoms with Crippen molar-refractivity contribution in [2.24, 2.45) is 0 Å². The molecule has 1 aromatic carbocycles. The quantitative estimate of drug-likeness (QED) is 0.711. The first-order chi connectivity index (χ1) is 11.5. The van der Waals surface area contributed by atoms with Crippen LogP contribution in [0.4, 0.5) is 5.13 Å². The molecule has 1 amide bonds. The van der Waals surface area contributed by atoms with Gasteiger partial charge in [0, 0.05) is 22.0 Å². The summed E-state index contributed by atoms with van der Waals surface area (Å²) in [6.07, 6.45) is 1.36.